The average Bonchev–Trinajstić information content (AvgIpc) is 2.44. The fraction of sp³-hybridized carbons (Fsp3) is 0.267. The lowest BCUT2D eigenvalue weighted by molar-refractivity contribution is 0.395. The number of benzene rings is 1. The molecule has 1 aromatic heterocycles. The molecule has 1 N–H and O–H groups in total. The molecule has 4 nitrogen and oxygen atoms in total. The SMILES string of the molecule is COc1cc(C)c(Nc2cc(C)c(Br)cn2)c(OC)c1. The Labute approximate surface area is 127 Å². The van der Waals surface area contributed by atoms with Crippen LogP contribution < -0.4 is 14.8 Å². The molecule has 0 saturated carbocycles. The maximum atomic E-state index is 5.42. The summed E-state index contributed by atoms with van der Waals surface area (Å²) < 4.78 is 11.7. The largest absolute Gasteiger partial charge is 0.497 e. The molecule has 0 fully saturated rings. The van der Waals surface area contributed by atoms with Gasteiger partial charge in [0.2, 0.25) is 0 Å². The summed E-state index contributed by atoms with van der Waals surface area (Å²) in [6, 6.07) is 5.78. The van der Waals surface area contributed by atoms with E-state index in [1.807, 2.05) is 32.0 Å². The lowest BCUT2D eigenvalue weighted by Crippen LogP contribution is -2.00. The molecule has 0 bridgehead atoms. The van der Waals surface area contributed by atoms with E-state index in [1.54, 1.807) is 20.4 Å². The van der Waals surface area contributed by atoms with Crippen molar-refractivity contribution in [3.8, 4) is 11.5 Å². The molecule has 106 valence electrons. The highest BCUT2D eigenvalue weighted by molar-refractivity contribution is 9.10. The molecule has 2 rings (SSSR count). The number of nitrogens with zero attached hydrogens (tertiary/aromatic N) is 1. The Bertz CT molecular complexity index is 630. The van der Waals surface area contributed by atoms with Gasteiger partial charge >= 0.3 is 0 Å². The molecular formula is C15H17BrN2O2. The van der Waals surface area contributed by atoms with Crippen LogP contribution in [0, 0.1) is 13.8 Å². The molecule has 0 aliphatic heterocycles. The van der Waals surface area contributed by atoms with Gasteiger partial charge in [0.1, 0.15) is 17.3 Å². The third-order valence-electron chi connectivity index (χ3n) is 3.03. The second kappa shape index (κ2) is 6.13. The van der Waals surface area contributed by atoms with Crippen LogP contribution in [-0.2, 0) is 0 Å². The number of aromatic nitrogens is 1. The van der Waals surface area contributed by atoms with Crippen LogP contribution in [0.3, 0.4) is 0 Å². The minimum Gasteiger partial charge on any atom is -0.497 e. The van der Waals surface area contributed by atoms with Gasteiger partial charge in [0.25, 0.3) is 0 Å². The molecule has 0 amide bonds. The molecule has 2 aromatic rings. The van der Waals surface area contributed by atoms with Gasteiger partial charge in [-0.15, -0.1) is 0 Å². The monoisotopic (exact) mass is 336 g/mol. The smallest absolute Gasteiger partial charge is 0.146 e. The first kappa shape index (κ1) is 14.7. The van der Waals surface area contributed by atoms with Crippen molar-refractivity contribution in [3.63, 3.8) is 0 Å². The van der Waals surface area contributed by atoms with E-state index in [0.29, 0.717) is 0 Å². The van der Waals surface area contributed by atoms with Crippen LogP contribution in [0.25, 0.3) is 0 Å². The highest BCUT2D eigenvalue weighted by Crippen LogP contribution is 2.35. The van der Waals surface area contributed by atoms with Crippen molar-refractivity contribution in [2.24, 2.45) is 0 Å². The maximum Gasteiger partial charge on any atom is 0.146 e. The number of anilines is 2. The third-order valence-corrected chi connectivity index (χ3v) is 3.86. The summed E-state index contributed by atoms with van der Waals surface area (Å²) in [4.78, 5) is 4.35. The molecular weight excluding hydrogens is 320 g/mol. The Morgan fingerprint density at radius 1 is 1.05 bits per heavy atom. The van der Waals surface area contributed by atoms with Crippen LogP contribution in [0.15, 0.2) is 28.9 Å². The zero-order valence-corrected chi connectivity index (χ0v) is 13.5. The van der Waals surface area contributed by atoms with Crippen LogP contribution in [0.2, 0.25) is 0 Å². The Balaban J connectivity index is 2.39. The fourth-order valence-corrected chi connectivity index (χ4v) is 2.11. The summed E-state index contributed by atoms with van der Waals surface area (Å²) in [6.07, 6.45) is 1.78. The van der Waals surface area contributed by atoms with E-state index in [4.69, 9.17) is 9.47 Å². The van der Waals surface area contributed by atoms with Crippen molar-refractivity contribution in [2.45, 2.75) is 13.8 Å². The lowest BCUT2D eigenvalue weighted by Gasteiger charge is -2.15. The van der Waals surface area contributed by atoms with E-state index in [-0.39, 0.29) is 0 Å². The minimum atomic E-state index is 0.726. The number of ether oxygens (including phenoxy) is 2. The molecule has 0 radical (unpaired) electrons. The van der Waals surface area contributed by atoms with Crippen LogP contribution in [0.5, 0.6) is 11.5 Å². The van der Waals surface area contributed by atoms with Crippen molar-refractivity contribution in [3.05, 3.63) is 40.0 Å². The number of hydrogen-bond acceptors (Lipinski definition) is 4. The zero-order chi connectivity index (χ0) is 14.7. The molecule has 5 heteroatoms. The van der Waals surface area contributed by atoms with Gasteiger partial charge in [-0.3, -0.25) is 0 Å². The van der Waals surface area contributed by atoms with Gasteiger partial charge in [0, 0.05) is 16.7 Å². The molecule has 0 aliphatic rings. The number of rotatable bonds is 4. The van der Waals surface area contributed by atoms with Crippen molar-refractivity contribution in [1.29, 1.82) is 0 Å². The predicted octanol–water partition coefficient (Wildman–Crippen LogP) is 4.22. The average molecular weight is 337 g/mol. The Morgan fingerprint density at radius 2 is 1.80 bits per heavy atom. The second-order valence-electron chi connectivity index (χ2n) is 4.47. The number of aryl methyl sites for hydroxylation is 2. The van der Waals surface area contributed by atoms with Crippen LogP contribution in [-0.4, -0.2) is 19.2 Å². The van der Waals surface area contributed by atoms with E-state index < -0.39 is 0 Å². The number of methoxy groups -OCH3 is 2. The highest BCUT2D eigenvalue weighted by atomic mass is 79.9. The van der Waals surface area contributed by atoms with E-state index in [1.165, 1.54) is 0 Å². The van der Waals surface area contributed by atoms with E-state index in [0.717, 1.165) is 38.6 Å². The molecule has 0 atom stereocenters. The number of halogens is 1. The third kappa shape index (κ3) is 3.04. The summed E-state index contributed by atoms with van der Waals surface area (Å²) in [7, 11) is 3.28. The number of hydrogen-bond donors (Lipinski definition) is 1. The van der Waals surface area contributed by atoms with Gasteiger partial charge in [-0.05, 0) is 53.0 Å². The predicted molar refractivity (Wildman–Crippen MR) is 84.2 cm³/mol. The Kier molecular flexibility index (Phi) is 4.49. The summed E-state index contributed by atoms with van der Waals surface area (Å²) in [6.45, 7) is 4.02. The van der Waals surface area contributed by atoms with Crippen LogP contribution in [0.1, 0.15) is 11.1 Å². The first-order valence-corrected chi connectivity index (χ1v) is 6.96. The maximum absolute atomic E-state index is 5.42. The van der Waals surface area contributed by atoms with Gasteiger partial charge in [-0.25, -0.2) is 4.98 Å². The van der Waals surface area contributed by atoms with Crippen LogP contribution in [0.4, 0.5) is 11.5 Å². The molecule has 0 saturated heterocycles. The molecule has 0 spiro atoms. The van der Waals surface area contributed by atoms with E-state index in [9.17, 15) is 0 Å². The van der Waals surface area contributed by atoms with E-state index in [2.05, 4.69) is 26.2 Å². The fourth-order valence-electron chi connectivity index (χ4n) is 1.90. The first-order chi connectivity index (χ1) is 9.55. The van der Waals surface area contributed by atoms with Gasteiger partial charge < -0.3 is 14.8 Å². The minimum absolute atomic E-state index is 0.726. The quantitative estimate of drug-likeness (QED) is 0.907. The van der Waals surface area contributed by atoms with Crippen molar-refractivity contribution >= 4 is 27.4 Å². The Morgan fingerprint density at radius 3 is 2.40 bits per heavy atom. The standard InChI is InChI=1S/C15H17BrN2O2/c1-9-6-14(17-8-12(9)16)18-15-10(2)5-11(19-3)7-13(15)20-4/h5-8H,1-4H3,(H,17,18). The van der Waals surface area contributed by atoms with Crippen molar-refractivity contribution < 1.29 is 9.47 Å². The summed E-state index contributed by atoms with van der Waals surface area (Å²) in [5.41, 5.74) is 3.04. The molecule has 1 heterocycles. The van der Waals surface area contributed by atoms with Crippen LogP contribution >= 0.6 is 15.9 Å². The molecule has 0 unspecified atom stereocenters. The summed E-state index contributed by atoms with van der Waals surface area (Å²) in [5, 5.41) is 3.30. The second-order valence-corrected chi connectivity index (χ2v) is 5.32. The topological polar surface area (TPSA) is 43.4 Å². The van der Waals surface area contributed by atoms with Crippen molar-refractivity contribution in [1.82, 2.24) is 4.98 Å². The van der Waals surface area contributed by atoms with Gasteiger partial charge in [-0.1, -0.05) is 0 Å². The molecule has 20 heavy (non-hydrogen) atoms. The van der Waals surface area contributed by atoms with Gasteiger partial charge in [0.05, 0.1) is 19.9 Å². The lowest BCUT2D eigenvalue weighted by atomic mass is 10.1. The summed E-state index contributed by atoms with van der Waals surface area (Å²) in [5.74, 6) is 2.27. The van der Waals surface area contributed by atoms with Gasteiger partial charge in [0.15, 0.2) is 0 Å². The first-order valence-electron chi connectivity index (χ1n) is 6.17. The number of nitrogens with one attached hydrogen (secondary N) is 1. The number of pyridine rings is 1. The molecule has 0 aliphatic carbocycles. The zero-order valence-electron chi connectivity index (χ0n) is 12.0. The highest BCUT2D eigenvalue weighted by Gasteiger charge is 2.10. The molecule has 1 aromatic carbocycles. The normalized spacial score (nSPS) is 10.2. The van der Waals surface area contributed by atoms with Gasteiger partial charge in [-0.2, -0.15) is 0 Å². The van der Waals surface area contributed by atoms with Crippen molar-refractivity contribution in [2.75, 3.05) is 19.5 Å². The summed E-state index contributed by atoms with van der Waals surface area (Å²) >= 11 is 3.44. The Hall–Kier alpha value is -1.75. The van der Waals surface area contributed by atoms with E-state index >= 15 is 0 Å².